The number of nitrogens with zero attached hydrogens (tertiary/aromatic N) is 1. The molecule has 9 rings (SSSR count). The molecule has 7 aromatic carbocycles. The number of rotatable bonds is 4. The van der Waals surface area contributed by atoms with E-state index in [1.54, 1.807) is 0 Å². The normalized spacial score (nSPS) is 13.3. The molecule has 0 bridgehead atoms. The number of anilines is 3. The monoisotopic (exact) mass is 607 g/mol. The van der Waals surface area contributed by atoms with E-state index in [0.29, 0.717) is 0 Å². The Labute approximate surface area is 274 Å². The summed E-state index contributed by atoms with van der Waals surface area (Å²) in [5, 5.41) is 5.19. The van der Waals surface area contributed by atoms with E-state index in [4.69, 9.17) is 0 Å². The van der Waals surface area contributed by atoms with Crippen LogP contribution < -0.4 is 4.90 Å². The highest BCUT2D eigenvalue weighted by atomic mass is 32.1. The molecular weight excluding hydrogens is 575 g/mol. The first-order chi connectivity index (χ1) is 22.5. The highest BCUT2D eigenvalue weighted by Crippen LogP contribution is 2.51. The van der Waals surface area contributed by atoms with E-state index in [9.17, 15) is 0 Å². The Morgan fingerprint density at radius 3 is 2.07 bits per heavy atom. The molecule has 1 nitrogen and oxygen atoms in total. The van der Waals surface area contributed by atoms with Crippen LogP contribution in [-0.2, 0) is 5.41 Å². The molecule has 1 heterocycles. The van der Waals surface area contributed by atoms with Crippen LogP contribution in [0.1, 0.15) is 30.5 Å². The summed E-state index contributed by atoms with van der Waals surface area (Å²) in [5.41, 5.74) is 12.7. The van der Waals surface area contributed by atoms with Crippen LogP contribution in [0.15, 0.2) is 146 Å². The summed E-state index contributed by atoms with van der Waals surface area (Å²) in [6.45, 7) is 6.97. The van der Waals surface area contributed by atoms with E-state index in [-0.39, 0.29) is 5.41 Å². The van der Waals surface area contributed by atoms with Gasteiger partial charge in [-0.2, -0.15) is 0 Å². The van der Waals surface area contributed by atoms with Crippen LogP contribution in [0.25, 0.3) is 53.2 Å². The Morgan fingerprint density at radius 2 is 1.17 bits per heavy atom. The van der Waals surface area contributed by atoms with E-state index in [0.717, 1.165) is 0 Å². The van der Waals surface area contributed by atoms with Crippen molar-refractivity contribution in [3.8, 4) is 22.3 Å². The van der Waals surface area contributed by atoms with E-state index >= 15 is 0 Å². The summed E-state index contributed by atoms with van der Waals surface area (Å²) in [6, 6.07) is 53.9. The van der Waals surface area contributed by atoms with E-state index in [2.05, 4.69) is 171 Å². The summed E-state index contributed by atoms with van der Waals surface area (Å²) in [5.74, 6) is 0. The standard InChI is InChI=1S/C44H33NS/c1-28-25-30(34-16-10-12-29-11-4-5-13-33(29)34)19-24-41(28)45(32-21-23-38-37-15-7-9-18-42(37)46-43(38)27-32)31-20-22-36-35-14-6-8-17-39(35)44(2,3)40(36)26-31/h4-27H,1-3H3. The second kappa shape index (κ2) is 10.2. The summed E-state index contributed by atoms with van der Waals surface area (Å²) in [7, 11) is 0. The third-order valence-corrected chi connectivity index (χ3v) is 11.1. The van der Waals surface area contributed by atoms with Crippen molar-refractivity contribution in [2.24, 2.45) is 0 Å². The zero-order valence-electron chi connectivity index (χ0n) is 26.2. The van der Waals surface area contributed by atoms with Crippen molar-refractivity contribution in [3.63, 3.8) is 0 Å². The van der Waals surface area contributed by atoms with Gasteiger partial charge in [-0.05, 0) is 99.1 Å². The third-order valence-electron chi connectivity index (χ3n) is 9.98. The predicted molar refractivity (Wildman–Crippen MR) is 199 cm³/mol. The Kier molecular flexibility index (Phi) is 6.00. The molecule has 0 aliphatic heterocycles. The van der Waals surface area contributed by atoms with Crippen molar-refractivity contribution in [3.05, 3.63) is 162 Å². The first-order valence-electron chi connectivity index (χ1n) is 16.0. The van der Waals surface area contributed by atoms with Gasteiger partial charge in [0.05, 0.1) is 0 Å². The molecule has 220 valence electrons. The van der Waals surface area contributed by atoms with E-state index in [1.165, 1.54) is 87.0 Å². The largest absolute Gasteiger partial charge is 0.310 e. The van der Waals surface area contributed by atoms with Crippen LogP contribution in [0.3, 0.4) is 0 Å². The van der Waals surface area contributed by atoms with Gasteiger partial charge in [0, 0.05) is 42.6 Å². The minimum absolute atomic E-state index is 0.0731. The second-order valence-corrected chi connectivity index (χ2v) is 14.1. The van der Waals surface area contributed by atoms with Gasteiger partial charge in [0.25, 0.3) is 0 Å². The molecule has 0 radical (unpaired) electrons. The lowest BCUT2D eigenvalue weighted by Crippen LogP contribution is -2.17. The van der Waals surface area contributed by atoms with Gasteiger partial charge < -0.3 is 4.90 Å². The van der Waals surface area contributed by atoms with Gasteiger partial charge in [0.15, 0.2) is 0 Å². The quantitative estimate of drug-likeness (QED) is 0.192. The lowest BCUT2D eigenvalue weighted by molar-refractivity contribution is 0.660. The third kappa shape index (κ3) is 4.07. The molecule has 2 heteroatoms. The van der Waals surface area contributed by atoms with Crippen LogP contribution >= 0.6 is 11.3 Å². The maximum Gasteiger partial charge on any atom is 0.0491 e. The minimum atomic E-state index is -0.0731. The van der Waals surface area contributed by atoms with E-state index < -0.39 is 0 Å². The molecule has 0 saturated heterocycles. The lowest BCUT2D eigenvalue weighted by atomic mass is 9.82. The van der Waals surface area contributed by atoms with Gasteiger partial charge in [-0.3, -0.25) is 0 Å². The molecule has 1 aromatic heterocycles. The molecule has 0 atom stereocenters. The molecule has 0 saturated carbocycles. The van der Waals surface area contributed by atoms with Crippen LogP contribution in [-0.4, -0.2) is 0 Å². The Hall–Kier alpha value is -5.18. The first-order valence-corrected chi connectivity index (χ1v) is 16.8. The van der Waals surface area contributed by atoms with Gasteiger partial charge in [0.1, 0.15) is 0 Å². The lowest BCUT2D eigenvalue weighted by Gasteiger charge is -2.29. The SMILES string of the molecule is Cc1cc(-c2cccc3ccccc23)ccc1N(c1ccc2c(c1)C(C)(C)c1ccccc1-2)c1ccc2c(c1)sc1ccccc12. The highest BCUT2D eigenvalue weighted by molar-refractivity contribution is 7.25. The maximum absolute atomic E-state index is 2.46. The number of hydrogen-bond acceptors (Lipinski definition) is 2. The first kappa shape index (κ1) is 27.2. The summed E-state index contributed by atoms with van der Waals surface area (Å²) < 4.78 is 2.64. The van der Waals surface area contributed by atoms with Crippen molar-refractivity contribution in [2.45, 2.75) is 26.2 Å². The number of benzene rings is 7. The molecular formula is C44H33NS. The van der Waals surface area contributed by atoms with E-state index in [1.807, 2.05) is 11.3 Å². The molecule has 1 aliphatic carbocycles. The Morgan fingerprint density at radius 1 is 0.500 bits per heavy atom. The molecule has 46 heavy (non-hydrogen) atoms. The number of fused-ring (bicyclic) bond motifs is 7. The maximum atomic E-state index is 2.46. The fourth-order valence-electron chi connectivity index (χ4n) is 7.66. The predicted octanol–water partition coefficient (Wildman–Crippen LogP) is 13.0. The average molecular weight is 608 g/mol. The number of thiophene rings is 1. The van der Waals surface area contributed by atoms with Gasteiger partial charge in [-0.25, -0.2) is 0 Å². The molecule has 8 aromatic rings. The fourth-order valence-corrected chi connectivity index (χ4v) is 8.80. The zero-order valence-corrected chi connectivity index (χ0v) is 27.0. The van der Waals surface area contributed by atoms with Gasteiger partial charge in [-0.1, -0.05) is 117 Å². The molecule has 0 fully saturated rings. The summed E-state index contributed by atoms with van der Waals surface area (Å²) >= 11 is 1.87. The molecule has 0 amide bonds. The topological polar surface area (TPSA) is 3.24 Å². The second-order valence-electron chi connectivity index (χ2n) is 13.0. The highest BCUT2D eigenvalue weighted by Gasteiger charge is 2.35. The van der Waals surface area contributed by atoms with Crippen molar-refractivity contribution < 1.29 is 0 Å². The van der Waals surface area contributed by atoms with Crippen LogP contribution in [0, 0.1) is 6.92 Å². The van der Waals surface area contributed by atoms with Gasteiger partial charge in [0.2, 0.25) is 0 Å². The van der Waals surface area contributed by atoms with Crippen LogP contribution in [0.2, 0.25) is 0 Å². The Bertz CT molecular complexity index is 2470. The van der Waals surface area contributed by atoms with Gasteiger partial charge in [-0.15, -0.1) is 11.3 Å². The smallest absolute Gasteiger partial charge is 0.0491 e. The Balaban J connectivity index is 1.24. The molecule has 0 N–H and O–H groups in total. The summed E-state index contributed by atoms with van der Waals surface area (Å²) in [4.78, 5) is 2.46. The average Bonchev–Trinajstić information content (AvgIpc) is 3.57. The van der Waals surface area contributed by atoms with Crippen LogP contribution in [0.4, 0.5) is 17.1 Å². The zero-order chi connectivity index (χ0) is 31.0. The number of hydrogen-bond donors (Lipinski definition) is 0. The number of aryl methyl sites for hydroxylation is 1. The van der Waals surface area contributed by atoms with Crippen LogP contribution in [0.5, 0.6) is 0 Å². The molecule has 0 spiro atoms. The minimum Gasteiger partial charge on any atom is -0.310 e. The molecule has 1 aliphatic rings. The van der Waals surface area contributed by atoms with Crippen molar-refractivity contribution in [1.29, 1.82) is 0 Å². The van der Waals surface area contributed by atoms with Crippen molar-refractivity contribution in [2.75, 3.05) is 4.90 Å². The van der Waals surface area contributed by atoms with Gasteiger partial charge >= 0.3 is 0 Å². The van der Waals surface area contributed by atoms with Crippen molar-refractivity contribution in [1.82, 2.24) is 0 Å². The fraction of sp³-hybridized carbons (Fsp3) is 0.0909. The summed E-state index contributed by atoms with van der Waals surface area (Å²) in [6.07, 6.45) is 0. The molecule has 0 unspecified atom stereocenters. The van der Waals surface area contributed by atoms with Crippen molar-refractivity contribution >= 4 is 59.3 Å².